The lowest BCUT2D eigenvalue weighted by Crippen LogP contribution is -2.32. The van der Waals surface area contributed by atoms with Gasteiger partial charge < -0.3 is 9.57 Å². The molecule has 1 aliphatic heterocycles. The van der Waals surface area contributed by atoms with Crippen LogP contribution in [0.15, 0.2) is 72.9 Å². The number of pyridine rings is 1. The molecule has 2 aromatic carbocycles. The Hall–Kier alpha value is -4.00. The van der Waals surface area contributed by atoms with Crippen LogP contribution in [0.3, 0.4) is 0 Å². The van der Waals surface area contributed by atoms with E-state index in [1.54, 1.807) is 18.2 Å². The van der Waals surface area contributed by atoms with Gasteiger partial charge in [-0.05, 0) is 23.8 Å². The van der Waals surface area contributed by atoms with Crippen molar-refractivity contribution in [3.8, 4) is 5.75 Å². The molecule has 0 saturated heterocycles. The van der Waals surface area contributed by atoms with Crippen LogP contribution in [0.4, 0.5) is 0 Å². The van der Waals surface area contributed by atoms with Gasteiger partial charge in [-0.25, -0.2) is 9.78 Å². The van der Waals surface area contributed by atoms with Crippen molar-refractivity contribution in [2.45, 2.75) is 6.61 Å². The number of hydroxylamine groups is 2. The lowest BCUT2D eigenvalue weighted by atomic mass is 10.1. The first-order valence-corrected chi connectivity index (χ1v) is 8.46. The van der Waals surface area contributed by atoms with Gasteiger partial charge in [-0.2, -0.15) is 0 Å². The highest BCUT2D eigenvalue weighted by Gasteiger charge is 2.39. The van der Waals surface area contributed by atoms with Crippen LogP contribution >= 0.6 is 0 Å². The molecule has 0 radical (unpaired) electrons. The Labute approximate surface area is 160 Å². The summed E-state index contributed by atoms with van der Waals surface area (Å²) < 4.78 is 5.65. The van der Waals surface area contributed by atoms with Crippen molar-refractivity contribution in [3.05, 3.63) is 95.3 Å². The molecule has 0 bridgehead atoms. The molecule has 1 aromatic heterocycles. The summed E-state index contributed by atoms with van der Waals surface area (Å²) >= 11 is 0. The van der Waals surface area contributed by atoms with Gasteiger partial charge in [0.25, 0.3) is 11.8 Å². The summed E-state index contributed by atoms with van der Waals surface area (Å²) in [6.07, 6.45) is 1.39. The molecule has 7 nitrogen and oxygen atoms in total. The van der Waals surface area contributed by atoms with Gasteiger partial charge >= 0.3 is 5.97 Å². The number of carbonyl (C=O) groups excluding carboxylic acids is 3. The van der Waals surface area contributed by atoms with E-state index in [1.165, 1.54) is 24.4 Å². The number of rotatable bonds is 5. The van der Waals surface area contributed by atoms with Crippen LogP contribution in [0.5, 0.6) is 5.75 Å². The number of hydrogen-bond acceptors (Lipinski definition) is 6. The van der Waals surface area contributed by atoms with E-state index in [9.17, 15) is 14.4 Å². The van der Waals surface area contributed by atoms with E-state index >= 15 is 0 Å². The second-order valence-corrected chi connectivity index (χ2v) is 5.98. The first-order chi connectivity index (χ1) is 13.6. The highest BCUT2D eigenvalue weighted by molar-refractivity contribution is 6.21. The summed E-state index contributed by atoms with van der Waals surface area (Å²) in [5.74, 6) is -1.90. The third-order valence-corrected chi connectivity index (χ3v) is 4.12. The fourth-order valence-electron chi connectivity index (χ4n) is 2.73. The van der Waals surface area contributed by atoms with Crippen molar-refractivity contribution < 1.29 is 24.0 Å². The van der Waals surface area contributed by atoms with Gasteiger partial charge in [-0.3, -0.25) is 9.59 Å². The molecule has 0 aliphatic carbocycles. The van der Waals surface area contributed by atoms with E-state index in [0.29, 0.717) is 17.4 Å². The van der Waals surface area contributed by atoms with E-state index in [4.69, 9.17) is 9.57 Å². The molecule has 0 unspecified atom stereocenters. The molecular weight excluding hydrogens is 360 g/mol. The summed E-state index contributed by atoms with van der Waals surface area (Å²) in [5, 5.41) is 0.451. The van der Waals surface area contributed by atoms with Gasteiger partial charge in [0, 0.05) is 12.3 Å². The maximum Gasteiger partial charge on any atom is 0.382 e. The molecule has 2 heterocycles. The zero-order valence-electron chi connectivity index (χ0n) is 14.6. The highest BCUT2D eigenvalue weighted by Crippen LogP contribution is 2.23. The SMILES string of the molecule is O=C(ON1C(=O)c2ccccc2C1=O)c1cc(OCc2ccccc2)ccn1. The number of ether oxygens (including phenoxy) is 1. The maximum atomic E-state index is 12.4. The molecule has 0 atom stereocenters. The highest BCUT2D eigenvalue weighted by atomic mass is 16.7. The summed E-state index contributed by atoms with van der Waals surface area (Å²) in [7, 11) is 0. The zero-order chi connectivity index (χ0) is 19.5. The number of benzene rings is 2. The summed E-state index contributed by atoms with van der Waals surface area (Å²) in [6.45, 7) is 0.317. The molecule has 0 N–H and O–H groups in total. The molecule has 7 heteroatoms. The molecule has 4 rings (SSSR count). The first-order valence-electron chi connectivity index (χ1n) is 8.46. The van der Waals surface area contributed by atoms with Crippen LogP contribution in [0.1, 0.15) is 36.8 Å². The van der Waals surface area contributed by atoms with Gasteiger partial charge in [-0.15, -0.1) is 0 Å². The van der Waals surface area contributed by atoms with Gasteiger partial charge in [0.15, 0.2) is 5.69 Å². The van der Waals surface area contributed by atoms with Crippen molar-refractivity contribution >= 4 is 17.8 Å². The van der Waals surface area contributed by atoms with E-state index in [0.717, 1.165) is 5.56 Å². The second kappa shape index (κ2) is 7.32. The van der Waals surface area contributed by atoms with Crippen molar-refractivity contribution in [2.75, 3.05) is 0 Å². The predicted molar refractivity (Wildman–Crippen MR) is 97.4 cm³/mol. The number of imide groups is 1. The van der Waals surface area contributed by atoms with E-state index in [-0.39, 0.29) is 16.8 Å². The second-order valence-electron chi connectivity index (χ2n) is 5.98. The Morgan fingerprint density at radius 1 is 0.893 bits per heavy atom. The Balaban J connectivity index is 1.46. The number of hydrogen-bond donors (Lipinski definition) is 0. The van der Waals surface area contributed by atoms with Crippen LogP contribution in [-0.4, -0.2) is 27.8 Å². The molecule has 138 valence electrons. The number of amides is 2. The minimum absolute atomic E-state index is 0.0814. The lowest BCUT2D eigenvalue weighted by molar-refractivity contribution is -0.0588. The van der Waals surface area contributed by atoms with Crippen LogP contribution in [0, 0.1) is 0 Å². The largest absolute Gasteiger partial charge is 0.489 e. The fraction of sp³-hybridized carbons (Fsp3) is 0.0476. The van der Waals surface area contributed by atoms with Crippen LogP contribution in [0.2, 0.25) is 0 Å². The van der Waals surface area contributed by atoms with Crippen molar-refractivity contribution in [3.63, 3.8) is 0 Å². The summed E-state index contributed by atoms with van der Waals surface area (Å²) in [6, 6.07) is 18.8. The molecule has 2 amide bonds. The third kappa shape index (κ3) is 3.33. The number of fused-ring (bicyclic) bond motifs is 1. The van der Waals surface area contributed by atoms with E-state index in [1.807, 2.05) is 30.3 Å². The third-order valence-electron chi connectivity index (χ3n) is 4.12. The monoisotopic (exact) mass is 374 g/mol. The average Bonchev–Trinajstić information content (AvgIpc) is 2.98. The molecule has 0 saturated carbocycles. The minimum Gasteiger partial charge on any atom is -0.489 e. The van der Waals surface area contributed by atoms with Crippen LogP contribution < -0.4 is 4.74 Å². The lowest BCUT2D eigenvalue weighted by Gasteiger charge is -2.12. The number of aromatic nitrogens is 1. The van der Waals surface area contributed by atoms with Gasteiger partial charge in [0.1, 0.15) is 12.4 Å². The summed E-state index contributed by atoms with van der Waals surface area (Å²) in [4.78, 5) is 45.9. The van der Waals surface area contributed by atoms with E-state index < -0.39 is 17.8 Å². The zero-order valence-corrected chi connectivity index (χ0v) is 14.6. The predicted octanol–water partition coefficient (Wildman–Crippen LogP) is 3.03. The number of nitrogens with zero attached hydrogens (tertiary/aromatic N) is 2. The number of carbonyl (C=O) groups is 3. The molecule has 0 fully saturated rings. The Kier molecular flexibility index (Phi) is 4.55. The summed E-state index contributed by atoms with van der Waals surface area (Å²) in [5.41, 5.74) is 1.26. The van der Waals surface area contributed by atoms with Gasteiger partial charge in [0.05, 0.1) is 11.1 Å². The van der Waals surface area contributed by atoms with Crippen LogP contribution in [-0.2, 0) is 11.4 Å². The Morgan fingerprint density at radius 3 is 2.21 bits per heavy atom. The maximum absolute atomic E-state index is 12.4. The normalized spacial score (nSPS) is 12.6. The standard InChI is InChI=1S/C21H14N2O5/c24-19-16-8-4-5-9-17(16)20(25)23(19)28-21(26)18-12-15(10-11-22-18)27-13-14-6-2-1-3-7-14/h1-12H,13H2. The molecular formula is C21H14N2O5. The molecule has 28 heavy (non-hydrogen) atoms. The van der Waals surface area contributed by atoms with Crippen molar-refractivity contribution in [1.29, 1.82) is 0 Å². The van der Waals surface area contributed by atoms with Crippen LogP contribution in [0.25, 0.3) is 0 Å². The molecule has 0 spiro atoms. The Morgan fingerprint density at radius 2 is 1.54 bits per heavy atom. The van der Waals surface area contributed by atoms with Crippen molar-refractivity contribution in [2.24, 2.45) is 0 Å². The quantitative estimate of drug-likeness (QED) is 0.638. The Bertz CT molecular complexity index is 1030. The topological polar surface area (TPSA) is 85.8 Å². The minimum atomic E-state index is -0.931. The molecule has 1 aliphatic rings. The van der Waals surface area contributed by atoms with E-state index in [2.05, 4.69) is 4.98 Å². The van der Waals surface area contributed by atoms with Crippen molar-refractivity contribution in [1.82, 2.24) is 10.0 Å². The molecule has 3 aromatic rings. The smallest absolute Gasteiger partial charge is 0.382 e. The average molecular weight is 374 g/mol. The fourth-order valence-corrected chi connectivity index (χ4v) is 2.73. The van der Waals surface area contributed by atoms with Gasteiger partial charge in [-0.1, -0.05) is 47.5 Å². The van der Waals surface area contributed by atoms with Gasteiger partial charge in [0.2, 0.25) is 0 Å². The first kappa shape index (κ1) is 17.4.